The molecule has 94 valence electrons. The number of nitrogens with zero attached hydrogens (tertiary/aromatic N) is 1. The van der Waals surface area contributed by atoms with Crippen molar-refractivity contribution in [2.24, 2.45) is 0 Å². The standard InChI is InChI=1S/C11H17N3O2S/c1-8(11(15)13-5-6-16-2)17-10-4-3-9(12)7-14-10/h3-4,7-8H,5-6,12H2,1-2H3,(H,13,15). The van der Waals surface area contributed by atoms with Gasteiger partial charge in [-0.1, -0.05) is 11.8 Å². The minimum Gasteiger partial charge on any atom is -0.397 e. The Labute approximate surface area is 105 Å². The first kappa shape index (κ1) is 13.8. The number of anilines is 1. The minimum atomic E-state index is -0.192. The van der Waals surface area contributed by atoms with Gasteiger partial charge in [0.2, 0.25) is 5.91 Å². The highest BCUT2D eigenvalue weighted by Gasteiger charge is 2.14. The summed E-state index contributed by atoms with van der Waals surface area (Å²) in [6.45, 7) is 2.88. The van der Waals surface area contributed by atoms with E-state index in [0.717, 1.165) is 5.03 Å². The summed E-state index contributed by atoms with van der Waals surface area (Å²) < 4.78 is 4.86. The fourth-order valence-electron chi connectivity index (χ4n) is 1.12. The molecule has 6 heteroatoms. The van der Waals surface area contributed by atoms with Crippen LogP contribution in [-0.4, -0.2) is 36.4 Å². The van der Waals surface area contributed by atoms with Gasteiger partial charge < -0.3 is 15.8 Å². The van der Waals surface area contributed by atoms with E-state index >= 15 is 0 Å². The maximum absolute atomic E-state index is 11.6. The quantitative estimate of drug-likeness (QED) is 0.583. The molecule has 0 spiro atoms. The summed E-state index contributed by atoms with van der Waals surface area (Å²) in [7, 11) is 1.60. The number of amides is 1. The summed E-state index contributed by atoms with van der Waals surface area (Å²) in [6, 6.07) is 3.57. The minimum absolute atomic E-state index is 0.0225. The molecule has 1 amide bonds. The van der Waals surface area contributed by atoms with Crippen LogP contribution >= 0.6 is 11.8 Å². The highest BCUT2D eigenvalue weighted by molar-refractivity contribution is 8.00. The maximum Gasteiger partial charge on any atom is 0.233 e. The number of nitrogens with one attached hydrogen (secondary N) is 1. The smallest absolute Gasteiger partial charge is 0.233 e. The van der Waals surface area contributed by atoms with Crippen LogP contribution in [0.15, 0.2) is 23.4 Å². The zero-order chi connectivity index (χ0) is 12.7. The molecule has 17 heavy (non-hydrogen) atoms. The molecule has 0 aliphatic rings. The molecule has 1 atom stereocenters. The second-order valence-electron chi connectivity index (χ2n) is 3.47. The molecule has 0 radical (unpaired) electrons. The molecule has 1 aromatic rings. The topological polar surface area (TPSA) is 77.2 Å². The number of aromatic nitrogens is 1. The van der Waals surface area contributed by atoms with Crippen molar-refractivity contribution in [1.29, 1.82) is 0 Å². The largest absolute Gasteiger partial charge is 0.397 e. The normalized spacial score (nSPS) is 12.1. The number of thioether (sulfide) groups is 1. The molecule has 1 rings (SSSR count). The van der Waals surface area contributed by atoms with Crippen LogP contribution in [0.25, 0.3) is 0 Å². The lowest BCUT2D eigenvalue weighted by Crippen LogP contribution is -2.33. The SMILES string of the molecule is COCCNC(=O)C(C)Sc1ccc(N)cn1. The Kier molecular flexibility index (Phi) is 5.79. The van der Waals surface area contributed by atoms with Crippen LogP contribution in [0.3, 0.4) is 0 Å². The molecule has 5 nitrogen and oxygen atoms in total. The van der Waals surface area contributed by atoms with Gasteiger partial charge >= 0.3 is 0 Å². The van der Waals surface area contributed by atoms with Crippen molar-refractivity contribution in [2.75, 3.05) is 26.0 Å². The van der Waals surface area contributed by atoms with Gasteiger partial charge in [0.05, 0.1) is 28.8 Å². The molecule has 1 unspecified atom stereocenters. The highest BCUT2D eigenvalue weighted by atomic mass is 32.2. The van der Waals surface area contributed by atoms with Crippen LogP contribution in [0.1, 0.15) is 6.92 Å². The van der Waals surface area contributed by atoms with E-state index < -0.39 is 0 Å². The molecule has 0 saturated carbocycles. The van der Waals surface area contributed by atoms with E-state index in [4.69, 9.17) is 10.5 Å². The van der Waals surface area contributed by atoms with Gasteiger partial charge in [0.25, 0.3) is 0 Å². The van der Waals surface area contributed by atoms with Gasteiger partial charge in [0, 0.05) is 13.7 Å². The molecule has 0 aromatic carbocycles. The Morgan fingerprint density at radius 1 is 1.65 bits per heavy atom. The number of hydrogen-bond donors (Lipinski definition) is 2. The molecule has 3 N–H and O–H groups in total. The first-order valence-corrected chi connectivity index (χ1v) is 6.16. The average molecular weight is 255 g/mol. The van der Waals surface area contributed by atoms with Crippen LogP contribution in [0.2, 0.25) is 0 Å². The van der Waals surface area contributed by atoms with E-state index in [1.54, 1.807) is 25.4 Å². The maximum atomic E-state index is 11.6. The number of pyridine rings is 1. The van der Waals surface area contributed by atoms with E-state index in [0.29, 0.717) is 18.8 Å². The highest BCUT2D eigenvalue weighted by Crippen LogP contribution is 2.21. The monoisotopic (exact) mass is 255 g/mol. The second kappa shape index (κ2) is 7.13. The molecule has 0 aliphatic carbocycles. The van der Waals surface area contributed by atoms with Crippen molar-refractivity contribution in [2.45, 2.75) is 17.2 Å². The van der Waals surface area contributed by atoms with Gasteiger partial charge in [-0.15, -0.1) is 0 Å². The van der Waals surface area contributed by atoms with E-state index in [9.17, 15) is 4.79 Å². The Morgan fingerprint density at radius 3 is 3.00 bits per heavy atom. The van der Waals surface area contributed by atoms with Crippen molar-refractivity contribution < 1.29 is 9.53 Å². The second-order valence-corrected chi connectivity index (χ2v) is 4.83. The number of carbonyl (C=O) groups is 1. The Bertz CT molecular complexity index is 356. The Balaban J connectivity index is 2.40. The third-order valence-electron chi connectivity index (χ3n) is 2.03. The first-order chi connectivity index (χ1) is 8.13. The lowest BCUT2D eigenvalue weighted by molar-refractivity contribution is -0.120. The van der Waals surface area contributed by atoms with Gasteiger partial charge in [-0.25, -0.2) is 4.98 Å². The van der Waals surface area contributed by atoms with Gasteiger partial charge in [-0.3, -0.25) is 4.79 Å². The summed E-state index contributed by atoms with van der Waals surface area (Å²) >= 11 is 1.40. The average Bonchev–Trinajstić information content (AvgIpc) is 2.32. The number of nitrogen functional groups attached to an aromatic ring is 1. The molecule has 0 bridgehead atoms. The van der Waals surface area contributed by atoms with E-state index in [1.165, 1.54) is 11.8 Å². The summed E-state index contributed by atoms with van der Waals surface area (Å²) in [5, 5.41) is 3.37. The zero-order valence-electron chi connectivity index (χ0n) is 9.97. The van der Waals surface area contributed by atoms with Crippen molar-refractivity contribution in [3.63, 3.8) is 0 Å². The third kappa shape index (κ3) is 5.06. The molecular weight excluding hydrogens is 238 g/mol. The lowest BCUT2D eigenvalue weighted by Gasteiger charge is -2.11. The molecule has 1 aromatic heterocycles. The van der Waals surface area contributed by atoms with E-state index in [2.05, 4.69) is 10.3 Å². The van der Waals surface area contributed by atoms with Gasteiger partial charge in [0.1, 0.15) is 0 Å². The zero-order valence-corrected chi connectivity index (χ0v) is 10.8. The van der Waals surface area contributed by atoms with Crippen LogP contribution in [0, 0.1) is 0 Å². The molecular formula is C11H17N3O2S. The molecule has 0 aliphatic heterocycles. The summed E-state index contributed by atoms with van der Waals surface area (Å²) in [5.41, 5.74) is 6.15. The number of methoxy groups -OCH3 is 1. The molecule has 1 heterocycles. The molecule has 0 fully saturated rings. The van der Waals surface area contributed by atoms with Crippen molar-refractivity contribution in [3.05, 3.63) is 18.3 Å². The summed E-state index contributed by atoms with van der Waals surface area (Å²) in [6.07, 6.45) is 1.58. The third-order valence-corrected chi connectivity index (χ3v) is 3.08. The predicted molar refractivity (Wildman–Crippen MR) is 68.9 cm³/mol. The van der Waals surface area contributed by atoms with Crippen LogP contribution in [-0.2, 0) is 9.53 Å². The van der Waals surface area contributed by atoms with Crippen molar-refractivity contribution in [3.8, 4) is 0 Å². The predicted octanol–water partition coefficient (Wildman–Crippen LogP) is 0.907. The van der Waals surface area contributed by atoms with Crippen molar-refractivity contribution >= 4 is 23.4 Å². The Hall–Kier alpha value is -1.27. The summed E-state index contributed by atoms with van der Waals surface area (Å²) in [4.78, 5) is 15.8. The van der Waals surface area contributed by atoms with Crippen molar-refractivity contribution in [1.82, 2.24) is 10.3 Å². The van der Waals surface area contributed by atoms with Crippen LogP contribution in [0.5, 0.6) is 0 Å². The number of ether oxygens (including phenoxy) is 1. The van der Waals surface area contributed by atoms with Gasteiger partial charge in [0.15, 0.2) is 0 Å². The molecule has 0 saturated heterocycles. The fraction of sp³-hybridized carbons (Fsp3) is 0.455. The van der Waals surface area contributed by atoms with Crippen LogP contribution in [0.4, 0.5) is 5.69 Å². The first-order valence-electron chi connectivity index (χ1n) is 5.28. The van der Waals surface area contributed by atoms with Gasteiger partial charge in [-0.05, 0) is 19.1 Å². The lowest BCUT2D eigenvalue weighted by atomic mass is 10.4. The van der Waals surface area contributed by atoms with Crippen LogP contribution < -0.4 is 11.1 Å². The number of nitrogens with two attached hydrogens (primary N) is 1. The summed E-state index contributed by atoms with van der Waals surface area (Å²) in [5.74, 6) is -0.0225. The fourth-order valence-corrected chi connectivity index (χ4v) is 1.93. The number of carbonyl (C=O) groups excluding carboxylic acids is 1. The van der Waals surface area contributed by atoms with E-state index in [-0.39, 0.29) is 11.2 Å². The van der Waals surface area contributed by atoms with Gasteiger partial charge in [-0.2, -0.15) is 0 Å². The Morgan fingerprint density at radius 2 is 2.41 bits per heavy atom. The number of hydrogen-bond acceptors (Lipinski definition) is 5. The van der Waals surface area contributed by atoms with E-state index in [1.807, 2.05) is 6.92 Å². The number of rotatable bonds is 6.